The van der Waals surface area contributed by atoms with Crippen LogP contribution in [0, 0.1) is 0 Å². The summed E-state index contributed by atoms with van der Waals surface area (Å²) in [6.07, 6.45) is 2.63. The molecule has 0 unspecified atom stereocenters. The van der Waals surface area contributed by atoms with Crippen LogP contribution in [-0.2, 0) is 4.79 Å². The predicted octanol–water partition coefficient (Wildman–Crippen LogP) is 1.66. The van der Waals surface area contributed by atoms with Gasteiger partial charge in [-0.25, -0.2) is 4.98 Å². The topological polar surface area (TPSA) is 75.7 Å². The van der Waals surface area contributed by atoms with Crippen molar-refractivity contribution in [3.63, 3.8) is 0 Å². The quantitative estimate of drug-likeness (QED) is 0.654. The summed E-state index contributed by atoms with van der Waals surface area (Å²) in [5.41, 5.74) is 0. The largest absolute Gasteiger partial charge is 0.484 e. The normalized spacial score (nSPS) is 14.5. The van der Waals surface area contributed by atoms with E-state index in [1.54, 1.807) is 36.5 Å². The molecule has 3 rings (SSSR count). The number of hydrogen-bond donors (Lipinski definition) is 2. The van der Waals surface area contributed by atoms with Gasteiger partial charge in [0.15, 0.2) is 6.61 Å². The molecule has 0 spiro atoms. The van der Waals surface area contributed by atoms with Gasteiger partial charge in [-0.05, 0) is 43.3 Å². The van der Waals surface area contributed by atoms with Crippen LogP contribution in [0.25, 0.3) is 0 Å². The van der Waals surface area contributed by atoms with Gasteiger partial charge in [-0.2, -0.15) is 0 Å². The number of nitrogens with zero attached hydrogens (tertiary/aromatic N) is 2. The number of carbonyl (C=O) groups excluding carboxylic acids is 1. The number of aromatic nitrogens is 1. The van der Waals surface area contributed by atoms with E-state index >= 15 is 0 Å². The van der Waals surface area contributed by atoms with Crippen molar-refractivity contribution in [1.29, 1.82) is 0 Å². The van der Waals surface area contributed by atoms with E-state index in [-0.39, 0.29) is 12.5 Å². The summed E-state index contributed by atoms with van der Waals surface area (Å²) in [6.45, 7) is 5.95. The standard InChI is InChI=1S/C20H26N4O3/c25-19(22-10-3-13-24-14-11-21-12-15-24)16-26-17-5-7-18(8-6-17)27-20-4-1-2-9-23-20/h1-2,4-9,21H,3,10-16H2,(H,22,25). The molecule has 7 heteroatoms. The average molecular weight is 370 g/mol. The van der Waals surface area contributed by atoms with Gasteiger partial charge in [-0.3, -0.25) is 4.79 Å². The third-order valence-corrected chi connectivity index (χ3v) is 4.24. The second-order valence-electron chi connectivity index (χ2n) is 6.33. The number of carbonyl (C=O) groups is 1. The zero-order chi connectivity index (χ0) is 18.7. The van der Waals surface area contributed by atoms with Crippen LogP contribution in [0.4, 0.5) is 0 Å². The lowest BCUT2D eigenvalue weighted by molar-refractivity contribution is -0.123. The number of piperazine rings is 1. The number of rotatable bonds is 9. The Kier molecular flexibility index (Phi) is 7.44. The lowest BCUT2D eigenvalue weighted by Crippen LogP contribution is -2.44. The van der Waals surface area contributed by atoms with Crippen molar-refractivity contribution in [2.75, 3.05) is 45.9 Å². The molecule has 0 saturated carbocycles. The number of nitrogens with one attached hydrogen (secondary N) is 2. The number of ether oxygens (including phenoxy) is 2. The van der Waals surface area contributed by atoms with E-state index in [2.05, 4.69) is 20.5 Å². The van der Waals surface area contributed by atoms with Crippen molar-refractivity contribution < 1.29 is 14.3 Å². The van der Waals surface area contributed by atoms with Crippen molar-refractivity contribution in [3.05, 3.63) is 48.7 Å². The molecule has 1 saturated heterocycles. The fourth-order valence-corrected chi connectivity index (χ4v) is 2.80. The van der Waals surface area contributed by atoms with Gasteiger partial charge in [0.2, 0.25) is 5.88 Å². The molecule has 1 aliphatic heterocycles. The molecule has 1 aromatic carbocycles. The Labute approximate surface area is 159 Å². The highest BCUT2D eigenvalue weighted by molar-refractivity contribution is 5.77. The van der Waals surface area contributed by atoms with Crippen molar-refractivity contribution in [3.8, 4) is 17.4 Å². The van der Waals surface area contributed by atoms with Crippen molar-refractivity contribution >= 4 is 5.91 Å². The molecule has 2 heterocycles. The van der Waals surface area contributed by atoms with E-state index in [0.29, 0.717) is 23.9 Å². The monoisotopic (exact) mass is 370 g/mol. The van der Waals surface area contributed by atoms with E-state index in [4.69, 9.17) is 9.47 Å². The molecule has 2 N–H and O–H groups in total. The first-order chi connectivity index (χ1) is 13.3. The zero-order valence-electron chi connectivity index (χ0n) is 15.4. The molecule has 0 atom stereocenters. The number of hydrogen-bond acceptors (Lipinski definition) is 6. The summed E-state index contributed by atoms with van der Waals surface area (Å²) in [7, 11) is 0. The van der Waals surface area contributed by atoms with Crippen molar-refractivity contribution in [1.82, 2.24) is 20.5 Å². The third kappa shape index (κ3) is 6.88. The second kappa shape index (κ2) is 10.5. The molecular weight excluding hydrogens is 344 g/mol. The van der Waals surface area contributed by atoms with Gasteiger partial charge in [0.05, 0.1) is 0 Å². The smallest absolute Gasteiger partial charge is 0.257 e. The van der Waals surface area contributed by atoms with Crippen LogP contribution in [0.15, 0.2) is 48.7 Å². The molecule has 144 valence electrons. The minimum atomic E-state index is -0.107. The molecule has 7 nitrogen and oxygen atoms in total. The number of pyridine rings is 1. The predicted molar refractivity (Wildman–Crippen MR) is 103 cm³/mol. The first kappa shape index (κ1) is 19.1. The van der Waals surface area contributed by atoms with Crippen LogP contribution >= 0.6 is 0 Å². The first-order valence-electron chi connectivity index (χ1n) is 9.31. The summed E-state index contributed by atoms with van der Waals surface area (Å²) in [6, 6.07) is 12.6. The highest BCUT2D eigenvalue weighted by Gasteiger charge is 2.09. The van der Waals surface area contributed by atoms with E-state index in [1.165, 1.54) is 0 Å². The van der Waals surface area contributed by atoms with Crippen LogP contribution in [-0.4, -0.2) is 61.7 Å². The lowest BCUT2D eigenvalue weighted by atomic mass is 10.3. The highest BCUT2D eigenvalue weighted by Crippen LogP contribution is 2.22. The van der Waals surface area contributed by atoms with Gasteiger partial charge < -0.3 is 25.0 Å². The summed E-state index contributed by atoms with van der Waals surface area (Å²) in [4.78, 5) is 18.4. The van der Waals surface area contributed by atoms with Crippen LogP contribution in [0.5, 0.6) is 17.4 Å². The molecule has 1 aliphatic rings. The molecule has 0 radical (unpaired) electrons. The fraction of sp³-hybridized carbons (Fsp3) is 0.400. The van der Waals surface area contributed by atoms with Crippen molar-refractivity contribution in [2.24, 2.45) is 0 Å². The maximum atomic E-state index is 11.9. The van der Waals surface area contributed by atoms with Crippen LogP contribution in [0.2, 0.25) is 0 Å². The maximum Gasteiger partial charge on any atom is 0.257 e. The summed E-state index contributed by atoms with van der Waals surface area (Å²) in [5.74, 6) is 1.72. The van der Waals surface area contributed by atoms with Gasteiger partial charge in [0.1, 0.15) is 11.5 Å². The molecule has 1 amide bonds. The van der Waals surface area contributed by atoms with Gasteiger partial charge in [-0.1, -0.05) is 6.07 Å². The van der Waals surface area contributed by atoms with Gasteiger partial charge in [0, 0.05) is 45.0 Å². The SMILES string of the molecule is O=C(COc1ccc(Oc2ccccn2)cc1)NCCCN1CCNCC1. The van der Waals surface area contributed by atoms with Gasteiger partial charge >= 0.3 is 0 Å². The lowest BCUT2D eigenvalue weighted by Gasteiger charge is -2.27. The van der Waals surface area contributed by atoms with Gasteiger partial charge in [0.25, 0.3) is 5.91 Å². The molecular formula is C20H26N4O3. The molecule has 2 aromatic rings. The minimum absolute atomic E-state index is 0.00801. The average Bonchev–Trinajstić information content (AvgIpc) is 2.72. The molecule has 0 bridgehead atoms. The molecule has 1 aromatic heterocycles. The highest BCUT2D eigenvalue weighted by atomic mass is 16.5. The third-order valence-electron chi connectivity index (χ3n) is 4.24. The Balaban J connectivity index is 1.31. The van der Waals surface area contributed by atoms with Gasteiger partial charge in [-0.15, -0.1) is 0 Å². The van der Waals surface area contributed by atoms with Crippen LogP contribution < -0.4 is 20.1 Å². The Morgan fingerprint density at radius 1 is 1.11 bits per heavy atom. The Morgan fingerprint density at radius 2 is 1.89 bits per heavy atom. The Hall–Kier alpha value is -2.64. The summed E-state index contributed by atoms with van der Waals surface area (Å²) in [5, 5.41) is 6.23. The maximum absolute atomic E-state index is 11.9. The number of amides is 1. The van der Waals surface area contributed by atoms with E-state index < -0.39 is 0 Å². The van der Waals surface area contributed by atoms with Crippen LogP contribution in [0.1, 0.15) is 6.42 Å². The molecule has 1 fully saturated rings. The van der Waals surface area contributed by atoms with E-state index in [0.717, 1.165) is 39.1 Å². The van der Waals surface area contributed by atoms with E-state index in [1.807, 2.05) is 12.1 Å². The Morgan fingerprint density at radius 3 is 2.63 bits per heavy atom. The Bertz CT molecular complexity index is 688. The summed E-state index contributed by atoms with van der Waals surface area (Å²) >= 11 is 0. The number of benzene rings is 1. The zero-order valence-corrected chi connectivity index (χ0v) is 15.4. The van der Waals surface area contributed by atoms with E-state index in [9.17, 15) is 4.79 Å². The molecule has 27 heavy (non-hydrogen) atoms. The van der Waals surface area contributed by atoms with Crippen LogP contribution in [0.3, 0.4) is 0 Å². The minimum Gasteiger partial charge on any atom is -0.484 e. The molecule has 0 aliphatic carbocycles. The van der Waals surface area contributed by atoms with Crippen molar-refractivity contribution in [2.45, 2.75) is 6.42 Å². The fourth-order valence-electron chi connectivity index (χ4n) is 2.80. The first-order valence-corrected chi connectivity index (χ1v) is 9.31. The second-order valence-corrected chi connectivity index (χ2v) is 6.33. The summed E-state index contributed by atoms with van der Waals surface area (Å²) < 4.78 is 11.1.